The first kappa shape index (κ1) is 11.4. The van der Waals surface area contributed by atoms with Crippen LogP contribution in [0.1, 0.15) is 36.4 Å². The van der Waals surface area contributed by atoms with Crippen molar-refractivity contribution < 1.29 is 0 Å². The maximum atomic E-state index is 4.19. The monoisotopic (exact) mass is 235 g/mol. The van der Waals surface area contributed by atoms with Crippen molar-refractivity contribution in [1.82, 2.24) is 15.1 Å². The summed E-state index contributed by atoms with van der Waals surface area (Å²) in [6.07, 6.45) is 3.97. The summed E-state index contributed by atoms with van der Waals surface area (Å²) in [6, 6.07) is 4.96. The van der Waals surface area contributed by atoms with E-state index in [4.69, 9.17) is 0 Å². The van der Waals surface area contributed by atoms with Gasteiger partial charge in [0.2, 0.25) is 0 Å². The largest absolute Gasteiger partial charge is 0.303 e. The van der Waals surface area contributed by atoms with Gasteiger partial charge in [-0.1, -0.05) is 6.07 Å². The van der Waals surface area contributed by atoms with Crippen molar-refractivity contribution >= 4 is 11.3 Å². The van der Waals surface area contributed by atoms with Gasteiger partial charge in [0.15, 0.2) is 0 Å². The summed E-state index contributed by atoms with van der Waals surface area (Å²) in [5, 5.41) is 9.87. The van der Waals surface area contributed by atoms with Gasteiger partial charge in [-0.3, -0.25) is 4.68 Å². The zero-order valence-corrected chi connectivity index (χ0v) is 10.7. The molecule has 0 bridgehead atoms. The normalized spacial score (nSPS) is 14.9. The first-order valence-corrected chi connectivity index (χ1v) is 6.33. The maximum absolute atomic E-state index is 4.19. The smallest absolute Gasteiger partial charge is 0.0537 e. The van der Waals surface area contributed by atoms with Gasteiger partial charge in [-0.25, -0.2) is 0 Å². The Hall–Kier alpha value is -1.13. The second-order valence-corrected chi connectivity index (χ2v) is 5.05. The third-order valence-electron chi connectivity index (χ3n) is 2.69. The van der Waals surface area contributed by atoms with Crippen LogP contribution in [-0.2, 0) is 7.05 Å². The van der Waals surface area contributed by atoms with E-state index in [1.54, 1.807) is 11.3 Å². The highest BCUT2D eigenvalue weighted by Crippen LogP contribution is 2.22. The quantitative estimate of drug-likeness (QED) is 0.883. The molecule has 0 saturated heterocycles. The molecule has 2 unspecified atom stereocenters. The molecule has 0 radical (unpaired) electrons. The number of nitrogens with zero attached hydrogens (tertiary/aromatic N) is 2. The number of rotatable bonds is 4. The number of hydrogen-bond donors (Lipinski definition) is 1. The molecule has 16 heavy (non-hydrogen) atoms. The highest BCUT2D eigenvalue weighted by atomic mass is 32.1. The molecule has 0 fully saturated rings. The number of aryl methyl sites for hydroxylation is 1. The van der Waals surface area contributed by atoms with E-state index in [-0.39, 0.29) is 0 Å². The SMILES string of the molecule is CC(NC(C)c1cccs1)c1cnn(C)c1. The van der Waals surface area contributed by atoms with Crippen molar-refractivity contribution in [2.75, 3.05) is 0 Å². The molecule has 0 spiro atoms. The topological polar surface area (TPSA) is 29.9 Å². The Labute approximate surface area is 100 Å². The van der Waals surface area contributed by atoms with Gasteiger partial charge in [0.05, 0.1) is 6.20 Å². The Morgan fingerprint density at radius 3 is 2.75 bits per heavy atom. The fraction of sp³-hybridized carbons (Fsp3) is 0.417. The van der Waals surface area contributed by atoms with Crippen LogP contribution in [0.25, 0.3) is 0 Å². The Morgan fingerprint density at radius 2 is 2.19 bits per heavy atom. The van der Waals surface area contributed by atoms with E-state index in [9.17, 15) is 0 Å². The molecule has 4 heteroatoms. The van der Waals surface area contributed by atoms with E-state index in [1.165, 1.54) is 10.4 Å². The second-order valence-electron chi connectivity index (χ2n) is 4.07. The zero-order valence-electron chi connectivity index (χ0n) is 9.84. The summed E-state index contributed by atoms with van der Waals surface area (Å²) >= 11 is 1.79. The Kier molecular flexibility index (Phi) is 3.41. The molecule has 3 nitrogen and oxygen atoms in total. The van der Waals surface area contributed by atoms with Crippen LogP contribution in [0.4, 0.5) is 0 Å². The van der Waals surface area contributed by atoms with Crippen LogP contribution in [0.5, 0.6) is 0 Å². The highest BCUT2D eigenvalue weighted by molar-refractivity contribution is 7.10. The summed E-state index contributed by atoms with van der Waals surface area (Å²) in [6.45, 7) is 4.36. The fourth-order valence-corrected chi connectivity index (χ4v) is 2.50. The minimum Gasteiger partial charge on any atom is -0.303 e. The molecule has 86 valence electrons. The maximum Gasteiger partial charge on any atom is 0.0537 e. The molecule has 0 saturated carbocycles. The molecule has 2 rings (SSSR count). The van der Waals surface area contributed by atoms with Gasteiger partial charge >= 0.3 is 0 Å². The molecule has 0 aromatic carbocycles. The second kappa shape index (κ2) is 4.80. The first-order valence-electron chi connectivity index (χ1n) is 5.45. The van der Waals surface area contributed by atoms with Crippen LogP contribution in [-0.4, -0.2) is 9.78 Å². The van der Waals surface area contributed by atoms with E-state index in [1.807, 2.05) is 17.9 Å². The van der Waals surface area contributed by atoms with E-state index in [0.717, 1.165) is 0 Å². The fourth-order valence-electron chi connectivity index (χ4n) is 1.75. The minimum absolute atomic E-state index is 0.325. The van der Waals surface area contributed by atoms with Crippen molar-refractivity contribution in [3.8, 4) is 0 Å². The predicted octanol–water partition coefficient (Wildman–Crippen LogP) is 2.89. The van der Waals surface area contributed by atoms with Gasteiger partial charge in [-0.05, 0) is 25.3 Å². The summed E-state index contributed by atoms with van der Waals surface area (Å²) in [5.41, 5.74) is 1.23. The molecule has 0 amide bonds. The molecule has 2 aromatic rings. The van der Waals surface area contributed by atoms with Gasteiger partial charge in [0, 0.05) is 35.8 Å². The van der Waals surface area contributed by atoms with Crippen molar-refractivity contribution in [3.05, 3.63) is 40.3 Å². The number of hydrogen-bond acceptors (Lipinski definition) is 3. The zero-order chi connectivity index (χ0) is 11.5. The molecule has 2 atom stereocenters. The number of thiophene rings is 1. The average Bonchev–Trinajstić information content (AvgIpc) is 2.87. The summed E-state index contributed by atoms with van der Waals surface area (Å²) in [7, 11) is 1.94. The van der Waals surface area contributed by atoms with Crippen molar-refractivity contribution in [1.29, 1.82) is 0 Å². The molecule has 2 heterocycles. The minimum atomic E-state index is 0.325. The predicted molar refractivity (Wildman–Crippen MR) is 67.5 cm³/mol. The lowest BCUT2D eigenvalue weighted by Gasteiger charge is -2.17. The van der Waals surface area contributed by atoms with E-state index < -0.39 is 0 Å². The van der Waals surface area contributed by atoms with Gasteiger partial charge < -0.3 is 5.32 Å². The third-order valence-corrected chi connectivity index (χ3v) is 3.75. The van der Waals surface area contributed by atoms with E-state index >= 15 is 0 Å². The summed E-state index contributed by atoms with van der Waals surface area (Å²) in [5.74, 6) is 0. The molecule has 0 aliphatic rings. The van der Waals surface area contributed by atoms with Crippen LogP contribution < -0.4 is 5.32 Å². The van der Waals surface area contributed by atoms with Crippen LogP contribution in [0.2, 0.25) is 0 Å². The number of nitrogens with one attached hydrogen (secondary N) is 1. The summed E-state index contributed by atoms with van der Waals surface area (Å²) < 4.78 is 1.84. The van der Waals surface area contributed by atoms with E-state index in [2.05, 4.69) is 48.0 Å². The molecule has 0 aliphatic heterocycles. The van der Waals surface area contributed by atoms with Crippen molar-refractivity contribution in [2.45, 2.75) is 25.9 Å². The average molecular weight is 235 g/mol. The van der Waals surface area contributed by atoms with Crippen molar-refractivity contribution in [2.24, 2.45) is 7.05 Å². The van der Waals surface area contributed by atoms with Gasteiger partial charge in [0.25, 0.3) is 0 Å². The molecular weight excluding hydrogens is 218 g/mol. The Morgan fingerprint density at radius 1 is 1.38 bits per heavy atom. The third kappa shape index (κ3) is 2.51. The van der Waals surface area contributed by atoms with Crippen LogP contribution in [0, 0.1) is 0 Å². The lowest BCUT2D eigenvalue weighted by molar-refractivity contribution is 0.500. The van der Waals surface area contributed by atoms with Gasteiger partial charge in [-0.2, -0.15) is 5.10 Å². The Bertz CT molecular complexity index is 433. The molecule has 2 aromatic heterocycles. The standard InChI is InChI=1S/C12H17N3S/c1-9(11-7-13-15(3)8-11)14-10(2)12-5-4-6-16-12/h4-10,14H,1-3H3. The lowest BCUT2D eigenvalue weighted by Crippen LogP contribution is -2.21. The van der Waals surface area contributed by atoms with Crippen LogP contribution in [0.15, 0.2) is 29.9 Å². The first-order chi connectivity index (χ1) is 7.66. The highest BCUT2D eigenvalue weighted by Gasteiger charge is 2.12. The van der Waals surface area contributed by atoms with Gasteiger partial charge in [-0.15, -0.1) is 11.3 Å². The molecule has 1 N–H and O–H groups in total. The van der Waals surface area contributed by atoms with Crippen LogP contribution >= 0.6 is 11.3 Å². The van der Waals surface area contributed by atoms with Gasteiger partial charge in [0.1, 0.15) is 0 Å². The molecule has 0 aliphatic carbocycles. The Balaban J connectivity index is 2.00. The van der Waals surface area contributed by atoms with Crippen LogP contribution in [0.3, 0.4) is 0 Å². The number of aromatic nitrogens is 2. The van der Waals surface area contributed by atoms with Crippen molar-refractivity contribution in [3.63, 3.8) is 0 Å². The molecular formula is C12H17N3S. The van der Waals surface area contributed by atoms with E-state index in [0.29, 0.717) is 12.1 Å². The summed E-state index contributed by atoms with van der Waals surface area (Å²) in [4.78, 5) is 1.37. The lowest BCUT2D eigenvalue weighted by atomic mass is 10.1.